The second-order valence-electron chi connectivity index (χ2n) is 2.46. The summed E-state index contributed by atoms with van der Waals surface area (Å²) in [6, 6.07) is 5.45. The van der Waals surface area contributed by atoms with Gasteiger partial charge in [-0.05, 0) is 18.2 Å². The van der Waals surface area contributed by atoms with E-state index in [4.69, 9.17) is 11.6 Å². The van der Waals surface area contributed by atoms with Crippen LogP contribution in [-0.4, -0.2) is 15.0 Å². The van der Waals surface area contributed by atoms with Crippen molar-refractivity contribution in [3.63, 3.8) is 0 Å². The third-order valence-electron chi connectivity index (χ3n) is 1.60. The van der Waals surface area contributed by atoms with Gasteiger partial charge in [-0.15, -0.1) is 0 Å². The smallest absolute Gasteiger partial charge is 0.129 e. The molecule has 2 heterocycles. The fourth-order valence-electron chi connectivity index (χ4n) is 1.02. The number of aromatic nitrogens is 3. The van der Waals surface area contributed by atoms with E-state index in [1.165, 1.54) is 6.33 Å². The van der Waals surface area contributed by atoms with Crippen molar-refractivity contribution in [2.45, 2.75) is 0 Å². The molecule has 0 saturated carbocycles. The quantitative estimate of drug-likeness (QED) is 0.649. The third kappa shape index (κ3) is 1.81. The lowest BCUT2D eigenvalue weighted by atomic mass is 10.2. The topological polar surface area (TPSA) is 38.7 Å². The SMILES string of the molecule is Clc1cc(-c2ccncn2)ccn1. The van der Waals surface area contributed by atoms with Gasteiger partial charge in [0.15, 0.2) is 0 Å². The first kappa shape index (κ1) is 8.13. The first-order valence-electron chi connectivity index (χ1n) is 3.74. The van der Waals surface area contributed by atoms with E-state index in [9.17, 15) is 0 Å². The molecule has 0 amide bonds. The summed E-state index contributed by atoms with van der Waals surface area (Å²) < 4.78 is 0. The Hall–Kier alpha value is -1.48. The largest absolute Gasteiger partial charge is 0.245 e. The molecule has 0 saturated heterocycles. The fraction of sp³-hybridized carbons (Fsp3) is 0. The maximum Gasteiger partial charge on any atom is 0.129 e. The lowest BCUT2D eigenvalue weighted by molar-refractivity contribution is 1.17. The lowest BCUT2D eigenvalue weighted by Gasteiger charge is -1.98. The highest BCUT2D eigenvalue weighted by Crippen LogP contribution is 2.17. The molecule has 3 nitrogen and oxygen atoms in total. The zero-order chi connectivity index (χ0) is 9.10. The van der Waals surface area contributed by atoms with Crippen LogP contribution < -0.4 is 0 Å². The number of hydrogen-bond acceptors (Lipinski definition) is 3. The Kier molecular flexibility index (Phi) is 2.19. The Morgan fingerprint density at radius 2 is 2.00 bits per heavy atom. The second-order valence-corrected chi connectivity index (χ2v) is 2.85. The Balaban J connectivity index is 2.48. The monoisotopic (exact) mass is 191 g/mol. The van der Waals surface area contributed by atoms with Gasteiger partial charge in [0, 0.05) is 18.0 Å². The number of nitrogens with zero attached hydrogens (tertiary/aromatic N) is 3. The number of halogens is 1. The molecule has 0 aliphatic carbocycles. The van der Waals surface area contributed by atoms with Crippen LogP contribution in [0.2, 0.25) is 5.15 Å². The molecule has 0 aromatic carbocycles. The van der Waals surface area contributed by atoms with Crippen molar-refractivity contribution in [3.05, 3.63) is 42.1 Å². The van der Waals surface area contributed by atoms with Crippen molar-refractivity contribution < 1.29 is 0 Å². The van der Waals surface area contributed by atoms with Gasteiger partial charge >= 0.3 is 0 Å². The summed E-state index contributed by atoms with van der Waals surface area (Å²) in [5.74, 6) is 0. The fourth-order valence-corrected chi connectivity index (χ4v) is 1.20. The summed E-state index contributed by atoms with van der Waals surface area (Å²) in [5.41, 5.74) is 1.79. The molecule has 0 fully saturated rings. The summed E-state index contributed by atoms with van der Waals surface area (Å²) in [5, 5.41) is 0.469. The Labute approximate surface area is 80.5 Å². The molecule has 0 N–H and O–H groups in total. The normalized spacial score (nSPS) is 9.92. The van der Waals surface area contributed by atoms with E-state index < -0.39 is 0 Å². The summed E-state index contributed by atoms with van der Waals surface area (Å²) in [6.45, 7) is 0. The van der Waals surface area contributed by atoms with Gasteiger partial charge in [0.2, 0.25) is 0 Å². The van der Waals surface area contributed by atoms with Gasteiger partial charge < -0.3 is 0 Å². The number of rotatable bonds is 1. The Morgan fingerprint density at radius 3 is 2.69 bits per heavy atom. The van der Waals surface area contributed by atoms with Crippen LogP contribution in [0.4, 0.5) is 0 Å². The number of hydrogen-bond donors (Lipinski definition) is 0. The highest BCUT2D eigenvalue weighted by molar-refractivity contribution is 6.29. The maximum atomic E-state index is 5.74. The van der Waals surface area contributed by atoms with Gasteiger partial charge in [-0.25, -0.2) is 15.0 Å². The molecule has 13 heavy (non-hydrogen) atoms. The van der Waals surface area contributed by atoms with Crippen molar-refractivity contribution in [2.24, 2.45) is 0 Å². The molecule has 0 spiro atoms. The van der Waals surface area contributed by atoms with E-state index in [1.54, 1.807) is 18.5 Å². The highest BCUT2D eigenvalue weighted by Gasteiger charge is 1.98. The highest BCUT2D eigenvalue weighted by atomic mass is 35.5. The Bertz CT molecular complexity index is 403. The van der Waals surface area contributed by atoms with Crippen LogP contribution in [0, 0.1) is 0 Å². The summed E-state index contributed by atoms with van der Waals surface area (Å²) in [4.78, 5) is 11.8. The zero-order valence-electron chi connectivity index (χ0n) is 6.68. The molecular formula is C9H6ClN3. The predicted octanol–water partition coefficient (Wildman–Crippen LogP) is 2.19. The molecule has 2 aromatic heterocycles. The van der Waals surface area contributed by atoms with Crippen molar-refractivity contribution >= 4 is 11.6 Å². The van der Waals surface area contributed by atoms with Crippen LogP contribution in [0.25, 0.3) is 11.3 Å². The molecule has 0 aliphatic rings. The molecule has 64 valence electrons. The van der Waals surface area contributed by atoms with Crippen molar-refractivity contribution in [1.29, 1.82) is 0 Å². The first-order chi connectivity index (χ1) is 6.36. The van der Waals surface area contributed by atoms with Crippen molar-refractivity contribution in [3.8, 4) is 11.3 Å². The standard InChI is InChI=1S/C9H6ClN3/c10-9-5-7(1-4-12-9)8-2-3-11-6-13-8/h1-6H. The molecular weight excluding hydrogens is 186 g/mol. The van der Waals surface area contributed by atoms with Crippen LogP contribution in [0.1, 0.15) is 0 Å². The van der Waals surface area contributed by atoms with Gasteiger partial charge in [-0.3, -0.25) is 0 Å². The minimum absolute atomic E-state index is 0.469. The van der Waals surface area contributed by atoms with E-state index in [2.05, 4.69) is 15.0 Å². The number of pyridine rings is 1. The van der Waals surface area contributed by atoms with Crippen LogP contribution in [0.3, 0.4) is 0 Å². The van der Waals surface area contributed by atoms with Gasteiger partial charge in [-0.2, -0.15) is 0 Å². The molecule has 2 aromatic rings. The predicted molar refractivity (Wildman–Crippen MR) is 50.3 cm³/mol. The average molecular weight is 192 g/mol. The summed E-state index contributed by atoms with van der Waals surface area (Å²) >= 11 is 5.74. The van der Waals surface area contributed by atoms with Crippen LogP contribution in [0.15, 0.2) is 36.9 Å². The van der Waals surface area contributed by atoms with Crippen molar-refractivity contribution in [1.82, 2.24) is 15.0 Å². The molecule has 0 atom stereocenters. The van der Waals surface area contributed by atoms with Crippen LogP contribution in [-0.2, 0) is 0 Å². The average Bonchev–Trinajstić information content (AvgIpc) is 2.19. The van der Waals surface area contributed by atoms with Crippen molar-refractivity contribution in [2.75, 3.05) is 0 Å². The minimum atomic E-state index is 0.469. The lowest BCUT2D eigenvalue weighted by Crippen LogP contribution is -1.84. The molecule has 0 aliphatic heterocycles. The minimum Gasteiger partial charge on any atom is -0.245 e. The maximum absolute atomic E-state index is 5.74. The van der Waals surface area contributed by atoms with Gasteiger partial charge in [-0.1, -0.05) is 11.6 Å². The molecule has 0 bridgehead atoms. The van der Waals surface area contributed by atoms with Gasteiger partial charge in [0.05, 0.1) is 5.69 Å². The molecule has 2 rings (SSSR count). The Morgan fingerprint density at radius 1 is 1.08 bits per heavy atom. The van der Waals surface area contributed by atoms with Gasteiger partial charge in [0.1, 0.15) is 11.5 Å². The van der Waals surface area contributed by atoms with E-state index in [0.29, 0.717) is 5.15 Å². The second kappa shape index (κ2) is 3.49. The molecule has 0 unspecified atom stereocenters. The first-order valence-corrected chi connectivity index (χ1v) is 4.12. The molecule has 4 heteroatoms. The summed E-state index contributed by atoms with van der Waals surface area (Å²) in [6.07, 6.45) is 4.85. The third-order valence-corrected chi connectivity index (χ3v) is 1.81. The van der Waals surface area contributed by atoms with Crippen LogP contribution in [0.5, 0.6) is 0 Å². The summed E-state index contributed by atoms with van der Waals surface area (Å²) in [7, 11) is 0. The van der Waals surface area contributed by atoms with E-state index in [-0.39, 0.29) is 0 Å². The molecule has 0 radical (unpaired) electrons. The van der Waals surface area contributed by atoms with E-state index >= 15 is 0 Å². The van der Waals surface area contributed by atoms with E-state index in [1.807, 2.05) is 12.1 Å². The van der Waals surface area contributed by atoms with Crippen LogP contribution >= 0.6 is 11.6 Å². The zero-order valence-corrected chi connectivity index (χ0v) is 7.44. The van der Waals surface area contributed by atoms with E-state index in [0.717, 1.165) is 11.3 Å². The van der Waals surface area contributed by atoms with Gasteiger partial charge in [0.25, 0.3) is 0 Å².